The average molecular weight is 357 g/mol. The van der Waals surface area contributed by atoms with Gasteiger partial charge in [-0.15, -0.1) is 0 Å². The molecular formula is C12H12Cl3NO3S. The number of rotatable bonds is 4. The molecule has 1 N–H and O–H groups in total. The van der Waals surface area contributed by atoms with Gasteiger partial charge in [0.25, 0.3) is 15.0 Å². The summed E-state index contributed by atoms with van der Waals surface area (Å²) in [5.74, 6) is 0.607. The molecular weight excluding hydrogens is 345 g/mol. The molecule has 0 bridgehead atoms. The monoisotopic (exact) mass is 355 g/mol. The molecule has 8 heteroatoms. The number of benzene rings is 1. The van der Waals surface area contributed by atoms with Crippen LogP contribution in [-0.4, -0.2) is 20.9 Å². The van der Waals surface area contributed by atoms with Crippen LogP contribution in [0.1, 0.15) is 23.7 Å². The highest BCUT2D eigenvalue weighted by Crippen LogP contribution is 2.37. The Balaban J connectivity index is 2.26. The largest absolute Gasteiger partial charge is 0.352 e. The molecule has 4 nitrogen and oxygen atoms in total. The fourth-order valence-corrected chi connectivity index (χ4v) is 3.77. The van der Waals surface area contributed by atoms with E-state index >= 15 is 0 Å². The van der Waals surface area contributed by atoms with Gasteiger partial charge in [-0.2, -0.15) is 0 Å². The lowest BCUT2D eigenvalue weighted by Gasteiger charge is -2.09. The van der Waals surface area contributed by atoms with Gasteiger partial charge in [-0.3, -0.25) is 4.79 Å². The lowest BCUT2D eigenvalue weighted by Crippen LogP contribution is -2.26. The van der Waals surface area contributed by atoms with Crippen molar-refractivity contribution in [2.24, 2.45) is 11.8 Å². The molecule has 1 fully saturated rings. The zero-order valence-electron chi connectivity index (χ0n) is 10.5. The van der Waals surface area contributed by atoms with Gasteiger partial charge in [0.1, 0.15) is 4.90 Å². The van der Waals surface area contributed by atoms with Crippen molar-refractivity contribution in [1.82, 2.24) is 5.32 Å². The fraction of sp³-hybridized carbons (Fsp3) is 0.417. The molecule has 0 spiro atoms. The molecule has 2 atom stereocenters. The van der Waals surface area contributed by atoms with Crippen LogP contribution < -0.4 is 5.32 Å². The normalized spacial score (nSPS) is 21.6. The molecule has 1 saturated carbocycles. The summed E-state index contributed by atoms with van der Waals surface area (Å²) in [6.45, 7) is 2.63. The van der Waals surface area contributed by atoms with Gasteiger partial charge < -0.3 is 5.32 Å². The van der Waals surface area contributed by atoms with Gasteiger partial charge in [0.2, 0.25) is 0 Å². The third-order valence-electron chi connectivity index (χ3n) is 3.31. The van der Waals surface area contributed by atoms with E-state index in [1.54, 1.807) is 0 Å². The van der Waals surface area contributed by atoms with Crippen LogP contribution in [0.25, 0.3) is 0 Å². The highest BCUT2D eigenvalue weighted by atomic mass is 35.7. The van der Waals surface area contributed by atoms with Gasteiger partial charge in [0, 0.05) is 22.2 Å². The Morgan fingerprint density at radius 2 is 2.00 bits per heavy atom. The minimum atomic E-state index is -4.06. The molecule has 20 heavy (non-hydrogen) atoms. The zero-order valence-corrected chi connectivity index (χ0v) is 13.6. The Morgan fingerprint density at radius 3 is 2.50 bits per heavy atom. The van der Waals surface area contributed by atoms with E-state index in [4.69, 9.17) is 33.9 Å². The summed E-state index contributed by atoms with van der Waals surface area (Å²) in [7, 11) is 1.20. The third-order valence-corrected chi connectivity index (χ3v) is 5.40. The predicted molar refractivity (Wildman–Crippen MR) is 79.1 cm³/mol. The van der Waals surface area contributed by atoms with Crippen LogP contribution in [-0.2, 0) is 9.05 Å². The molecule has 110 valence electrons. The summed E-state index contributed by atoms with van der Waals surface area (Å²) in [6, 6.07) is 2.44. The number of nitrogens with one attached hydrogen (secondary N) is 1. The summed E-state index contributed by atoms with van der Waals surface area (Å²) >= 11 is 11.7. The summed E-state index contributed by atoms with van der Waals surface area (Å²) in [4.78, 5) is 11.7. The van der Waals surface area contributed by atoms with Gasteiger partial charge in [0.05, 0.1) is 10.6 Å². The molecule has 2 rings (SSSR count). The van der Waals surface area contributed by atoms with Crippen LogP contribution >= 0.6 is 33.9 Å². The van der Waals surface area contributed by atoms with E-state index in [1.807, 2.05) is 0 Å². The molecule has 1 aromatic carbocycles. The van der Waals surface area contributed by atoms with Gasteiger partial charge in [-0.05, 0) is 30.4 Å². The van der Waals surface area contributed by atoms with Crippen molar-refractivity contribution in [3.63, 3.8) is 0 Å². The van der Waals surface area contributed by atoms with E-state index in [9.17, 15) is 13.2 Å². The van der Waals surface area contributed by atoms with Crippen LogP contribution in [0, 0.1) is 11.8 Å². The highest BCUT2D eigenvalue weighted by Gasteiger charge is 2.32. The standard InChI is InChI=1S/C12H12Cl3NO3S/c1-6-2-7(6)5-16-12(17)9-3-8(13)4-10(11(9)14)20(15,18)19/h3-4,6-7H,2,5H2,1H3,(H,16,17). The van der Waals surface area contributed by atoms with Gasteiger partial charge in [0.15, 0.2) is 0 Å². The van der Waals surface area contributed by atoms with E-state index in [0.717, 1.165) is 12.5 Å². The van der Waals surface area contributed by atoms with Crippen molar-refractivity contribution in [3.05, 3.63) is 27.7 Å². The van der Waals surface area contributed by atoms with Gasteiger partial charge in [-0.1, -0.05) is 30.1 Å². The van der Waals surface area contributed by atoms with E-state index in [2.05, 4.69) is 12.2 Å². The maximum absolute atomic E-state index is 12.0. The number of carbonyl (C=O) groups is 1. The van der Waals surface area contributed by atoms with Crippen molar-refractivity contribution in [2.75, 3.05) is 6.54 Å². The summed E-state index contributed by atoms with van der Waals surface area (Å²) in [5, 5.41) is 2.58. The molecule has 0 aromatic heterocycles. The van der Waals surface area contributed by atoms with E-state index in [-0.39, 0.29) is 20.5 Å². The van der Waals surface area contributed by atoms with Gasteiger partial charge in [-0.25, -0.2) is 8.42 Å². The summed E-state index contributed by atoms with van der Waals surface area (Å²) in [6.07, 6.45) is 1.07. The number of carbonyl (C=O) groups excluding carboxylic acids is 1. The van der Waals surface area contributed by atoms with Crippen LogP contribution in [0.15, 0.2) is 17.0 Å². The molecule has 1 amide bonds. The van der Waals surface area contributed by atoms with Crippen LogP contribution in [0.4, 0.5) is 0 Å². The second kappa shape index (κ2) is 5.72. The molecule has 1 aliphatic carbocycles. The third kappa shape index (κ3) is 3.58. The van der Waals surface area contributed by atoms with E-state index < -0.39 is 15.0 Å². The van der Waals surface area contributed by atoms with Crippen molar-refractivity contribution in [3.8, 4) is 0 Å². The molecule has 1 aromatic rings. The first kappa shape index (κ1) is 15.9. The molecule has 0 aliphatic heterocycles. The number of halogens is 3. The molecule has 2 unspecified atom stereocenters. The maximum atomic E-state index is 12.0. The Kier molecular flexibility index (Phi) is 4.54. The molecule has 0 radical (unpaired) electrons. The molecule has 0 heterocycles. The quantitative estimate of drug-likeness (QED) is 0.842. The highest BCUT2D eigenvalue weighted by molar-refractivity contribution is 8.13. The van der Waals surface area contributed by atoms with Crippen LogP contribution in [0.2, 0.25) is 10.0 Å². The first-order valence-electron chi connectivity index (χ1n) is 5.92. The first-order chi connectivity index (χ1) is 9.20. The average Bonchev–Trinajstić information content (AvgIpc) is 3.03. The predicted octanol–water partition coefficient (Wildman–Crippen LogP) is 3.31. The fourth-order valence-electron chi connectivity index (χ4n) is 1.91. The first-order valence-corrected chi connectivity index (χ1v) is 8.98. The Morgan fingerprint density at radius 1 is 1.40 bits per heavy atom. The summed E-state index contributed by atoms with van der Waals surface area (Å²) in [5.41, 5.74) is 0.00620. The van der Waals surface area contributed by atoms with Crippen LogP contribution in [0.3, 0.4) is 0 Å². The second-order valence-electron chi connectivity index (χ2n) is 4.89. The SMILES string of the molecule is CC1CC1CNC(=O)c1cc(Cl)cc(S(=O)(=O)Cl)c1Cl. The Labute approximate surface area is 131 Å². The smallest absolute Gasteiger partial charge is 0.262 e. The second-order valence-corrected chi connectivity index (χ2v) is 8.24. The topological polar surface area (TPSA) is 63.2 Å². The maximum Gasteiger partial charge on any atom is 0.262 e. The van der Waals surface area contributed by atoms with Gasteiger partial charge >= 0.3 is 0 Å². The van der Waals surface area contributed by atoms with Crippen molar-refractivity contribution in [2.45, 2.75) is 18.2 Å². The Hall–Kier alpha value is -0.490. The minimum Gasteiger partial charge on any atom is -0.352 e. The van der Waals surface area contributed by atoms with Crippen molar-refractivity contribution < 1.29 is 13.2 Å². The van der Waals surface area contributed by atoms with Crippen molar-refractivity contribution >= 4 is 48.8 Å². The minimum absolute atomic E-state index is 0.00620. The lowest BCUT2D eigenvalue weighted by atomic mass is 10.2. The number of hydrogen-bond donors (Lipinski definition) is 1. The summed E-state index contributed by atoms with van der Waals surface area (Å²) < 4.78 is 22.8. The zero-order chi connectivity index (χ0) is 15.1. The Bertz CT molecular complexity index is 660. The molecule has 0 saturated heterocycles. The van der Waals surface area contributed by atoms with E-state index in [1.165, 1.54) is 6.07 Å². The number of amides is 1. The van der Waals surface area contributed by atoms with E-state index in [0.29, 0.717) is 18.4 Å². The van der Waals surface area contributed by atoms with Crippen LogP contribution in [0.5, 0.6) is 0 Å². The molecule has 1 aliphatic rings. The lowest BCUT2D eigenvalue weighted by molar-refractivity contribution is 0.0951. The number of hydrogen-bond acceptors (Lipinski definition) is 3. The van der Waals surface area contributed by atoms with Crippen molar-refractivity contribution in [1.29, 1.82) is 0 Å².